The second-order valence-corrected chi connectivity index (χ2v) is 10.9. The molecule has 3 aromatic rings. The first kappa shape index (κ1) is 24.2. The van der Waals surface area contributed by atoms with Gasteiger partial charge >= 0.3 is 0 Å². The fourth-order valence-electron chi connectivity index (χ4n) is 5.31. The Morgan fingerprint density at radius 1 is 0.914 bits per heavy atom. The van der Waals surface area contributed by atoms with Gasteiger partial charge < -0.3 is 19.6 Å². The van der Waals surface area contributed by atoms with Gasteiger partial charge in [0.25, 0.3) is 0 Å². The zero-order valence-electron chi connectivity index (χ0n) is 20.8. The number of methoxy groups -OCH3 is 1. The molecule has 0 aliphatic carbocycles. The van der Waals surface area contributed by atoms with Crippen LogP contribution in [0.25, 0.3) is 0 Å². The molecule has 1 saturated heterocycles. The minimum Gasteiger partial charge on any atom is -0.497 e. The lowest BCUT2D eigenvalue weighted by Crippen LogP contribution is -2.36. The summed E-state index contributed by atoms with van der Waals surface area (Å²) in [6.45, 7) is 6.38. The van der Waals surface area contributed by atoms with Gasteiger partial charge in [-0.2, -0.15) is 0 Å². The number of likely N-dealkylation sites (tertiary alicyclic amines) is 1. The van der Waals surface area contributed by atoms with Gasteiger partial charge in [-0.15, -0.1) is 0 Å². The van der Waals surface area contributed by atoms with E-state index in [1.807, 2.05) is 11.8 Å². The van der Waals surface area contributed by atoms with E-state index in [0.717, 1.165) is 56.8 Å². The number of piperidine rings is 1. The first-order valence-corrected chi connectivity index (χ1v) is 13.6. The van der Waals surface area contributed by atoms with Gasteiger partial charge in [-0.25, -0.2) is 0 Å². The van der Waals surface area contributed by atoms with Gasteiger partial charge in [-0.1, -0.05) is 53.7 Å². The van der Waals surface area contributed by atoms with Gasteiger partial charge in [0.15, 0.2) is 0 Å². The Balaban J connectivity index is 1.14. The maximum Gasteiger partial charge on any atom is 0.121 e. The fraction of sp³-hybridized carbons (Fsp3) is 0.400. The van der Waals surface area contributed by atoms with Crippen molar-refractivity contribution in [2.45, 2.75) is 48.5 Å². The molecule has 184 valence electrons. The molecule has 1 N–H and O–H groups in total. The molecule has 0 saturated carbocycles. The van der Waals surface area contributed by atoms with Crippen molar-refractivity contribution in [2.75, 3.05) is 38.2 Å². The molecule has 5 heteroatoms. The molecule has 5 rings (SSSR count). The van der Waals surface area contributed by atoms with Crippen LogP contribution in [0.1, 0.15) is 42.9 Å². The number of fused-ring (bicyclic) bond motifs is 2. The monoisotopic (exact) mass is 488 g/mol. The Labute approximate surface area is 213 Å². The zero-order chi connectivity index (χ0) is 24.2. The number of rotatable bonds is 8. The molecule has 0 spiro atoms. The van der Waals surface area contributed by atoms with Crippen molar-refractivity contribution in [3.63, 3.8) is 0 Å². The molecule has 0 aromatic heterocycles. The fourth-order valence-corrected chi connectivity index (χ4v) is 6.39. The van der Waals surface area contributed by atoms with E-state index in [9.17, 15) is 5.11 Å². The number of ether oxygens (including phenoxy) is 1. The highest BCUT2D eigenvalue weighted by molar-refractivity contribution is 7.99. The molecule has 1 unspecified atom stereocenters. The van der Waals surface area contributed by atoms with E-state index in [-0.39, 0.29) is 6.10 Å². The van der Waals surface area contributed by atoms with Crippen molar-refractivity contribution < 1.29 is 9.84 Å². The lowest BCUT2D eigenvalue weighted by atomic mass is 9.87. The van der Waals surface area contributed by atoms with Gasteiger partial charge in [0.1, 0.15) is 5.75 Å². The van der Waals surface area contributed by atoms with Crippen molar-refractivity contribution in [3.05, 3.63) is 77.9 Å². The Morgan fingerprint density at radius 2 is 1.63 bits per heavy atom. The van der Waals surface area contributed by atoms with Gasteiger partial charge in [0.2, 0.25) is 0 Å². The molecule has 2 aliphatic rings. The normalized spacial score (nSPS) is 17.1. The summed E-state index contributed by atoms with van der Waals surface area (Å²) in [6, 6.07) is 23.5. The van der Waals surface area contributed by atoms with Gasteiger partial charge in [-0.05, 0) is 88.0 Å². The van der Waals surface area contributed by atoms with Crippen LogP contribution >= 0.6 is 11.8 Å². The maximum absolute atomic E-state index is 10.8. The highest BCUT2D eigenvalue weighted by Crippen LogP contribution is 2.49. The van der Waals surface area contributed by atoms with E-state index >= 15 is 0 Å². The van der Waals surface area contributed by atoms with Crippen LogP contribution < -0.4 is 9.64 Å². The van der Waals surface area contributed by atoms with E-state index in [4.69, 9.17) is 4.74 Å². The number of unbranched alkanes of at least 4 members (excludes halogenated alkanes) is 1. The van der Waals surface area contributed by atoms with Crippen LogP contribution in [-0.2, 0) is 0 Å². The standard InChI is InChI=1S/C30H36N2O2S/c1-22-9-11-23(12-10-22)30(33)24-15-19-31(20-16-24)17-5-6-18-32-26-7-3-4-8-28(26)35-29-14-13-25(34-2)21-27(29)32/h3-4,7-14,21,24,30,33H,5-6,15-20H2,1-2H3. The topological polar surface area (TPSA) is 35.9 Å². The number of aryl methyl sites for hydroxylation is 1. The SMILES string of the molecule is COc1ccc2c(c1)N(CCCCN1CCC(C(O)c3ccc(C)cc3)CC1)c1ccccc1S2. The molecule has 1 fully saturated rings. The predicted octanol–water partition coefficient (Wildman–Crippen LogP) is 6.83. The van der Waals surface area contributed by atoms with Crippen LogP contribution in [-0.4, -0.2) is 43.3 Å². The first-order valence-electron chi connectivity index (χ1n) is 12.8. The average Bonchev–Trinajstić information content (AvgIpc) is 2.90. The van der Waals surface area contributed by atoms with E-state index in [2.05, 4.69) is 83.5 Å². The minimum absolute atomic E-state index is 0.341. The third-order valence-corrected chi connectivity index (χ3v) is 8.57. The lowest BCUT2D eigenvalue weighted by molar-refractivity contribution is 0.0585. The molecule has 1 atom stereocenters. The first-order chi connectivity index (χ1) is 17.1. The highest BCUT2D eigenvalue weighted by Gasteiger charge is 2.27. The number of aliphatic hydroxyl groups excluding tert-OH is 1. The molecule has 2 heterocycles. The van der Waals surface area contributed by atoms with Crippen molar-refractivity contribution >= 4 is 23.1 Å². The minimum atomic E-state index is -0.341. The number of aliphatic hydroxyl groups is 1. The summed E-state index contributed by atoms with van der Waals surface area (Å²) in [5.41, 5.74) is 4.85. The van der Waals surface area contributed by atoms with Crippen molar-refractivity contribution in [2.24, 2.45) is 5.92 Å². The maximum atomic E-state index is 10.8. The number of benzene rings is 3. The molecule has 35 heavy (non-hydrogen) atoms. The Hall–Kier alpha value is -2.47. The Kier molecular flexibility index (Phi) is 7.66. The number of anilines is 2. The molecular formula is C30H36N2O2S. The highest BCUT2D eigenvalue weighted by atomic mass is 32.2. The third-order valence-electron chi connectivity index (χ3n) is 7.44. The van der Waals surface area contributed by atoms with Crippen molar-refractivity contribution in [3.8, 4) is 5.75 Å². The quantitative estimate of drug-likeness (QED) is 0.352. The molecule has 0 radical (unpaired) electrons. The Bertz CT molecular complexity index is 1130. The Morgan fingerprint density at radius 3 is 2.40 bits per heavy atom. The van der Waals surface area contributed by atoms with Gasteiger partial charge in [0, 0.05) is 22.4 Å². The number of hydrogen-bond donors (Lipinski definition) is 1. The van der Waals surface area contributed by atoms with E-state index in [0.29, 0.717) is 5.92 Å². The van der Waals surface area contributed by atoms with Gasteiger partial charge in [0.05, 0.1) is 24.6 Å². The lowest BCUT2D eigenvalue weighted by Gasteiger charge is -2.35. The van der Waals surface area contributed by atoms with Crippen LogP contribution in [0.5, 0.6) is 5.75 Å². The third kappa shape index (κ3) is 5.53. The summed E-state index contributed by atoms with van der Waals surface area (Å²) in [4.78, 5) is 7.65. The van der Waals surface area contributed by atoms with Crippen LogP contribution in [0.15, 0.2) is 76.5 Å². The summed E-state index contributed by atoms with van der Waals surface area (Å²) in [5.74, 6) is 1.27. The summed E-state index contributed by atoms with van der Waals surface area (Å²) in [7, 11) is 1.74. The predicted molar refractivity (Wildman–Crippen MR) is 145 cm³/mol. The van der Waals surface area contributed by atoms with Crippen LogP contribution in [0.4, 0.5) is 11.4 Å². The van der Waals surface area contributed by atoms with E-state index in [1.54, 1.807) is 7.11 Å². The second kappa shape index (κ2) is 11.1. The molecule has 3 aromatic carbocycles. The van der Waals surface area contributed by atoms with Crippen molar-refractivity contribution in [1.29, 1.82) is 0 Å². The zero-order valence-corrected chi connectivity index (χ0v) is 21.6. The summed E-state index contributed by atoms with van der Waals surface area (Å²) < 4.78 is 5.52. The molecule has 2 aliphatic heterocycles. The number of nitrogens with zero attached hydrogens (tertiary/aromatic N) is 2. The smallest absolute Gasteiger partial charge is 0.121 e. The summed E-state index contributed by atoms with van der Waals surface area (Å²) in [5, 5.41) is 10.8. The van der Waals surface area contributed by atoms with Crippen molar-refractivity contribution in [1.82, 2.24) is 4.90 Å². The summed E-state index contributed by atoms with van der Waals surface area (Å²) >= 11 is 1.84. The van der Waals surface area contributed by atoms with Crippen LogP contribution in [0, 0.1) is 12.8 Å². The number of hydrogen-bond acceptors (Lipinski definition) is 5. The van der Waals surface area contributed by atoms with Crippen LogP contribution in [0.3, 0.4) is 0 Å². The van der Waals surface area contributed by atoms with Crippen LogP contribution in [0.2, 0.25) is 0 Å². The largest absolute Gasteiger partial charge is 0.497 e. The molecule has 0 bridgehead atoms. The second-order valence-electron chi connectivity index (χ2n) is 9.80. The number of para-hydroxylation sites is 1. The summed E-state index contributed by atoms with van der Waals surface area (Å²) in [6.07, 6.45) is 4.11. The average molecular weight is 489 g/mol. The molecule has 0 amide bonds. The van der Waals surface area contributed by atoms with E-state index in [1.165, 1.54) is 33.2 Å². The molecule has 4 nitrogen and oxygen atoms in total. The van der Waals surface area contributed by atoms with E-state index < -0.39 is 0 Å². The van der Waals surface area contributed by atoms with Gasteiger partial charge in [-0.3, -0.25) is 0 Å². The molecular weight excluding hydrogens is 452 g/mol.